The lowest BCUT2D eigenvalue weighted by atomic mass is 10.2. The van der Waals surface area contributed by atoms with Gasteiger partial charge >= 0.3 is 0 Å². The third-order valence-electron chi connectivity index (χ3n) is 2.13. The van der Waals surface area contributed by atoms with Gasteiger partial charge in [-0.15, -0.1) is 0 Å². The Balaban J connectivity index is 2.67. The second-order valence-electron chi connectivity index (χ2n) is 3.51. The summed E-state index contributed by atoms with van der Waals surface area (Å²) in [5.41, 5.74) is 0.650. The van der Waals surface area contributed by atoms with Crippen LogP contribution in [0.5, 0.6) is 5.88 Å². The lowest BCUT2D eigenvalue weighted by Gasteiger charge is -2.15. The van der Waals surface area contributed by atoms with E-state index in [-0.39, 0.29) is 11.9 Å². The normalized spacial score (nSPS) is 12.6. The topological polar surface area (TPSA) is 34.2 Å². The highest BCUT2D eigenvalue weighted by Crippen LogP contribution is 2.22. The molecule has 1 atom stereocenters. The molecule has 1 rings (SSSR count). The van der Waals surface area contributed by atoms with Crippen LogP contribution in [0.2, 0.25) is 0 Å². The molecule has 0 spiro atoms. The molecule has 0 amide bonds. The summed E-state index contributed by atoms with van der Waals surface area (Å²) >= 11 is 0. The van der Waals surface area contributed by atoms with Crippen LogP contribution in [0.25, 0.3) is 0 Å². The molecule has 1 N–H and O–H groups in total. The first-order chi connectivity index (χ1) is 7.63. The van der Waals surface area contributed by atoms with Crippen LogP contribution in [-0.4, -0.2) is 24.1 Å². The fourth-order valence-electron chi connectivity index (χ4n) is 1.13. The molecule has 1 aromatic heterocycles. The Bertz CT molecular complexity index is 321. The van der Waals surface area contributed by atoms with Gasteiger partial charge in [-0.05, 0) is 25.5 Å². The maximum atomic E-state index is 12.0. The summed E-state index contributed by atoms with van der Waals surface area (Å²) in [6.07, 6.45) is -0.0374. The van der Waals surface area contributed by atoms with E-state index in [1.165, 1.54) is 6.20 Å². The molecule has 0 saturated heterocycles. The van der Waals surface area contributed by atoms with E-state index in [1.54, 1.807) is 12.1 Å². The van der Waals surface area contributed by atoms with Crippen LogP contribution in [0.3, 0.4) is 0 Å². The smallest absolute Gasteiger partial charge is 0.272 e. The second kappa shape index (κ2) is 6.25. The molecule has 0 radical (unpaired) electrons. The van der Waals surface area contributed by atoms with Crippen molar-refractivity contribution in [1.82, 2.24) is 4.98 Å². The third-order valence-corrected chi connectivity index (χ3v) is 2.13. The molecule has 0 bridgehead atoms. The van der Waals surface area contributed by atoms with Crippen LogP contribution in [0, 0.1) is 0 Å². The molecule has 0 aliphatic carbocycles. The molecule has 1 unspecified atom stereocenters. The molecule has 1 heterocycles. The SMILES string of the molecule is CCC(C)Nc1cccnc1OCC(F)F. The number of hydrogen-bond donors (Lipinski definition) is 1. The van der Waals surface area contributed by atoms with Crippen LogP contribution >= 0.6 is 0 Å². The second-order valence-corrected chi connectivity index (χ2v) is 3.51. The number of aromatic nitrogens is 1. The Morgan fingerprint density at radius 2 is 2.25 bits per heavy atom. The van der Waals surface area contributed by atoms with Crippen LogP contribution in [0.1, 0.15) is 20.3 Å². The molecular weight excluding hydrogens is 214 g/mol. The Morgan fingerprint density at radius 1 is 1.50 bits per heavy atom. The summed E-state index contributed by atoms with van der Waals surface area (Å²) in [6.45, 7) is 3.41. The van der Waals surface area contributed by atoms with Gasteiger partial charge in [-0.2, -0.15) is 0 Å². The van der Waals surface area contributed by atoms with Gasteiger partial charge in [-0.3, -0.25) is 0 Å². The van der Waals surface area contributed by atoms with E-state index in [1.807, 2.05) is 13.8 Å². The fraction of sp³-hybridized carbons (Fsp3) is 0.545. The minimum absolute atomic E-state index is 0.225. The van der Waals surface area contributed by atoms with Gasteiger partial charge in [0.25, 0.3) is 6.43 Å². The van der Waals surface area contributed by atoms with E-state index in [0.29, 0.717) is 5.69 Å². The molecular formula is C11H16F2N2O. The standard InChI is InChI=1S/C11H16F2N2O/c1-3-8(2)15-9-5-4-6-14-11(9)16-7-10(12)13/h4-6,8,10,15H,3,7H2,1-2H3. The van der Waals surface area contributed by atoms with E-state index < -0.39 is 13.0 Å². The predicted octanol–water partition coefficient (Wildman–Crippen LogP) is 2.94. The highest BCUT2D eigenvalue weighted by molar-refractivity contribution is 5.52. The highest BCUT2D eigenvalue weighted by Gasteiger charge is 2.09. The largest absolute Gasteiger partial charge is 0.470 e. The lowest BCUT2D eigenvalue weighted by Crippen LogP contribution is -2.16. The van der Waals surface area contributed by atoms with Crippen molar-refractivity contribution < 1.29 is 13.5 Å². The van der Waals surface area contributed by atoms with Gasteiger partial charge in [0.05, 0.1) is 5.69 Å². The molecule has 0 aliphatic rings. The number of pyridine rings is 1. The van der Waals surface area contributed by atoms with Crippen LogP contribution in [0.4, 0.5) is 14.5 Å². The zero-order valence-electron chi connectivity index (χ0n) is 9.41. The van der Waals surface area contributed by atoms with Crippen molar-refractivity contribution in [3.05, 3.63) is 18.3 Å². The van der Waals surface area contributed by atoms with Crippen molar-refractivity contribution in [2.75, 3.05) is 11.9 Å². The summed E-state index contributed by atoms with van der Waals surface area (Å²) in [7, 11) is 0. The van der Waals surface area contributed by atoms with Crippen molar-refractivity contribution >= 4 is 5.69 Å². The summed E-state index contributed by atoms with van der Waals surface area (Å²) in [5.74, 6) is 0.225. The average Bonchev–Trinajstić information content (AvgIpc) is 2.27. The van der Waals surface area contributed by atoms with Gasteiger partial charge in [-0.1, -0.05) is 6.92 Å². The summed E-state index contributed by atoms with van der Waals surface area (Å²) in [6, 6.07) is 3.75. The molecule has 16 heavy (non-hydrogen) atoms. The molecule has 0 aliphatic heterocycles. The monoisotopic (exact) mass is 230 g/mol. The van der Waals surface area contributed by atoms with Gasteiger partial charge in [-0.25, -0.2) is 13.8 Å². The number of nitrogens with one attached hydrogen (secondary N) is 1. The maximum Gasteiger partial charge on any atom is 0.272 e. The number of ether oxygens (including phenoxy) is 1. The summed E-state index contributed by atoms with van der Waals surface area (Å²) in [5, 5.41) is 3.15. The van der Waals surface area contributed by atoms with Gasteiger partial charge in [0.1, 0.15) is 0 Å². The molecule has 3 nitrogen and oxygen atoms in total. The van der Waals surface area contributed by atoms with Crippen molar-refractivity contribution in [2.45, 2.75) is 32.7 Å². The summed E-state index contributed by atoms with van der Waals surface area (Å²) in [4.78, 5) is 3.92. The average molecular weight is 230 g/mol. The molecule has 0 saturated carbocycles. The number of nitrogens with zero attached hydrogens (tertiary/aromatic N) is 1. The van der Waals surface area contributed by atoms with E-state index in [2.05, 4.69) is 10.3 Å². The molecule has 5 heteroatoms. The minimum atomic E-state index is -2.49. The minimum Gasteiger partial charge on any atom is -0.470 e. The zero-order chi connectivity index (χ0) is 12.0. The number of anilines is 1. The highest BCUT2D eigenvalue weighted by atomic mass is 19.3. The maximum absolute atomic E-state index is 12.0. The number of halogens is 2. The molecule has 90 valence electrons. The quantitative estimate of drug-likeness (QED) is 0.815. The van der Waals surface area contributed by atoms with Crippen LogP contribution < -0.4 is 10.1 Å². The molecule has 0 fully saturated rings. The predicted molar refractivity (Wildman–Crippen MR) is 59.1 cm³/mol. The number of rotatable bonds is 6. The van der Waals surface area contributed by atoms with Gasteiger partial charge in [0.15, 0.2) is 6.61 Å². The van der Waals surface area contributed by atoms with Crippen molar-refractivity contribution in [1.29, 1.82) is 0 Å². The van der Waals surface area contributed by atoms with E-state index in [4.69, 9.17) is 4.74 Å². The van der Waals surface area contributed by atoms with Gasteiger partial charge in [0, 0.05) is 12.2 Å². The van der Waals surface area contributed by atoms with Crippen LogP contribution in [0.15, 0.2) is 18.3 Å². The van der Waals surface area contributed by atoms with E-state index >= 15 is 0 Å². The fourth-order valence-corrected chi connectivity index (χ4v) is 1.13. The molecule has 1 aromatic rings. The van der Waals surface area contributed by atoms with Crippen molar-refractivity contribution in [3.8, 4) is 5.88 Å². The van der Waals surface area contributed by atoms with Crippen molar-refractivity contribution in [2.24, 2.45) is 0 Å². The number of alkyl halides is 2. The Labute approximate surface area is 93.8 Å². The Morgan fingerprint density at radius 3 is 2.88 bits per heavy atom. The lowest BCUT2D eigenvalue weighted by molar-refractivity contribution is 0.0799. The number of hydrogen-bond acceptors (Lipinski definition) is 3. The molecule has 0 aromatic carbocycles. The first kappa shape index (κ1) is 12.7. The first-order valence-electron chi connectivity index (χ1n) is 5.26. The first-order valence-corrected chi connectivity index (χ1v) is 5.26. The van der Waals surface area contributed by atoms with E-state index in [0.717, 1.165) is 6.42 Å². The Hall–Kier alpha value is -1.39. The Kier molecular flexibility index (Phi) is 4.95. The van der Waals surface area contributed by atoms with Crippen LogP contribution in [-0.2, 0) is 0 Å². The van der Waals surface area contributed by atoms with Gasteiger partial charge in [0.2, 0.25) is 5.88 Å². The zero-order valence-corrected chi connectivity index (χ0v) is 9.41. The van der Waals surface area contributed by atoms with Gasteiger partial charge < -0.3 is 10.1 Å². The summed E-state index contributed by atoms with van der Waals surface area (Å²) < 4.78 is 28.9. The third kappa shape index (κ3) is 4.00. The van der Waals surface area contributed by atoms with Crippen molar-refractivity contribution in [3.63, 3.8) is 0 Å². The van der Waals surface area contributed by atoms with E-state index in [9.17, 15) is 8.78 Å².